The number of aromatic nitrogens is 1. The van der Waals surface area contributed by atoms with Gasteiger partial charge in [0.15, 0.2) is 5.82 Å². The molecule has 1 heterocycles. The van der Waals surface area contributed by atoms with Crippen molar-refractivity contribution in [2.75, 3.05) is 0 Å². The topological polar surface area (TPSA) is 36.7 Å². The van der Waals surface area contributed by atoms with Crippen LogP contribution in [0.5, 0.6) is 0 Å². The summed E-state index contributed by atoms with van der Waals surface area (Å²) in [5.41, 5.74) is 0.618. The normalized spacial score (nSPS) is 11.9. The molecule has 2 aromatic rings. The fourth-order valence-electron chi connectivity index (χ4n) is 2.12. The zero-order valence-corrected chi connectivity index (χ0v) is 11.3. The lowest BCUT2D eigenvalue weighted by Crippen LogP contribution is -2.04. The van der Waals surface area contributed by atoms with E-state index in [0.717, 1.165) is 6.42 Å². The summed E-state index contributed by atoms with van der Waals surface area (Å²) in [7, 11) is 0. The lowest BCUT2D eigenvalue weighted by atomic mass is 9.90. The van der Waals surface area contributed by atoms with Crippen LogP contribution in [0.15, 0.2) is 30.5 Å². The van der Waals surface area contributed by atoms with E-state index in [1.54, 1.807) is 30.5 Å². The van der Waals surface area contributed by atoms with Crippen molar-refractivity contribution in [2.45, 2.75) is 26.2 Å². The summed E-state index contributed by atoms with van der Waals surface area (Å²) in [5.74, 6) is -1.68. The molecule has 1 atom stereocenters. The molecule has 0 saturated carbocycles. The number of nitriles is 1. The first-order valence-corrected chi connectivity index (χ1v) is 6.43. The number of pyridine rings is 1. The zero-order chi connectivity index (χ0) is 14.7. The number of benzene rings is 1. The molecule has 2 rings (SSSR count). The van der Waals surface area contributed by atoms with Gasteiger partial charge < -0.3 is 0 Å². The first-order chi connectivity index (χ1) is 9.60. The minimum Gasteiger partial charge on any atom is -0.256 e. The summed E-state index contributed by atoms with van der Waals surface area (Å²) in [4.78, 5) is 4.12. The van der Waals surface area contributed by atoms with Crippen molar-refractivity contribution in [3.05, 3.63) is 53.2 Å². The first kappa shape index (κ1) is 14.1. The molecule has 1 aromatic carbocycles. The lowest BCUT2D eigenvalue weighted by molar-refractivity contribution is 0.570. The van der Waals surface area contributed by atoms with Gasteiger partial charge in [-0.1, -0.05) is 19.9 Å². The number of halogens is 2. The lowest BCUT2D eigenvalue weighted by Gasteiger charge is -2.16. The van der Waals surface area contributed by atoms with Crippen LogP contribution < -0.4 is 0 Å². The van der Waals surface area contributed by atoms with E-state index in [1.165, 1.54) is 6.07 Å². The Labute approximate surface area is 116 Å². The minimum atomic E-state index is -0.832. The van der Waals surface area contributed by atoms with Crippen LogP contribution in [-0.4, -0.2) is 4.98 Å². The maximum atomic E-state index is 14.5. The summed E-state index contributed by atoms with van der Waals surface area (Å²) in [6.07, 6.45) is 2.29. The Hall–Kier alpha value is -2.28. The smallest absolute Gasteiger partial charge is 0.153 e. The van der Waals surface area contributed by atoms with Gasteiger partial charge in [-0.2, -0.15) is 5.26 Å². The summed E-state index contributed by atoms with van der Waals surface area (Å²) in [6, 6.07) is 7.94. The van der Waals surface area contributed by atoms with Gasteiger partial charge in [-0.3, -0.25) is 4.98 Å². The number of hydrogen-bond donors (Lipinski definition) is 0. The quantitative estimate of drug-likeness (QED) is 0.829. The molecule has 0 aliphatic heterocycles. The van der Waals surface area contributed by atoms with E-state index in [9.17, 15) is 8.78 Å². The van der Waals surface area contributed by atoms with Crippen molar-refractivity contribution < 1.29 is 8.78 Å². The Kier molecular flexibility index (Phi) is 4.09. The molecule has 2 nitrogen and oxygen atoms in total. The highest BCUT2D eigenvalue weighted by atomic mass is 19.1. The third kappa shape index (κ3) is 2.39. The molecular weight excluding hydrogens is 258 g/mol. The van der Waals surface area contributed by atoms with Crippen LogP contribution in [-0.2, 0) is 0 Å². The highest BCUT2D eigenvalue weighted by Crippen LogP contribution is 2.34. The molecule has 1 unspecified atom stereocenters. The van der Waals surface area contributed by atoms with E-state index in [4.69, 9.17) is 5.26 Å². The second-order valence-corrected chi connectivity index (χ2v) is 4.65. The van der Waals surface area contributed by atoms with Crippen molar-refractivity contribution in [1.29, 1.82) is 5.26 Å². The summed E-state index contributed by atoms with van der Waals surface area (Å²) >= 11 is 0. The van der Waals surface area contributed by atoms with Gasteiger partial charge in [0.1, 0.15) is 17.4 Å². The van der Waals surface area contributed by atoms with E-state index < -0.39 is 17.2 Å². The molecule has 0 aliphatic carbocycles. The van der Waals surface area contributed by atoms with E-state index >= 15 is 0 Å². The predicted octanol–water partition coefficient (Wildman–Crippen LogP) is 4.41. The summed E-state index contributed by atoms with van der Waals surface area (Å²) < 4.78 is 28.3. The van der Waals surface area contributed by atoms with Crippen LogP contribution in [0.4, 0.5) is 8.78 Å². The first-order valence-electron chi connectivity index (χ1n) is 6.43. The summed E-state index contributed by atoms with van der Waals surface area (Å²) in [6.45, 7) is 3.84. The maximum absolute atomic E-state index is 14.5. The van der Waals surface area contributed by atoms with Gasteiger partial charge >= 0.3 is 0 Å². The number of rotatable bonds is 3. The van der Waals surface area contributed by atoms with Crippen molar-refractivity contribution in [2.24, 2.45) is 0 Å². The van der Waals surface area contributed by atoms with Crippen molar-refractivity contribution in [3.8, 4) is 17.3 Å². The van der Waals surface area contributed by atoms with E-state index in [1.807, 2.05) is 13.8 Å². The molecule has 0 radical (unpaired) electrons. The SMILES string of the molecule is CCC(C)c1cc(F)c(C#N)c(F)c1-c1ccccn1. The Morgan fingerprint density at radius 2 is 2.10 bits per heavy atom. The predicted molar refractivity (Wildman–Crippen MR) is 73.0 cm³/mol. The van der Waals surface area contributed by atoms with Crippen LogP contribution in [0, 0.1) is 23.0 Å². The Bertz CT molecular complexity index is 660. The average Bonchev–Trinajstić information content (AvgIpc) is 2.47. The van der Waals surface area contributed by atoms with Gasteiger partial charge in [-0.05, 0) is 36.1 Å². The Morgan fingerprint density at radius 1 is 1.35 bits per heavy atom. The monoisotopic (exact) mass is 272 g/mol. The fraction of sp³-hybridized carbons (Fsp3) is 0.250. The van der Waals surface area contributed by atoms with Crippen LogP contribution in [0.25, 0.3) is 11.3 Å². The van der Waals surface area contributed by atoms with Gasteiger partial charge in [0, 0.05) is 11.8 Å². The van der Waals surface area contributed by atoms with Crippen LogP contribution in [0.3, 0.4) is 0 Å². The van der Waals surface area contributed by atoms with Gasteiger partial charge in [-0.15, -0.1) is 0 Å². The van der Waals surface area contributed by atoms with E-state index in [-0.39, 0.29) is 11.5 Å². The number of nitrogens with zero attached hydrogens (tertiary/aromatic N) is 2. The molecule has 0 N–H and O–H groups in total. The van der Waals surface area contributed by atoms with Gasteiger partial charge in [0.2, 0.25) is 0 Å². The van der Waals surface area contributed by atoms with Crippen molar-refractivity contribution >= 4 is 0 Å². The molecule has 0 fully saturated rings. The molecule has 20 heavy (non-hydrogen) atoms. The van der Waals surface area contributed by atoms with Crippen molar-refractivity contribution in [1.82, 2.24) is 4.98 Å². The average molecular weight is 272 g/mol. The number of hydrogen-bond acceptors (Lipinski definition) is 2. The molecule has 0 spiro atoms. The second-order valence-electron chi connectivity index (χ2n) is 4.65. The molecule has 1 aromatic heterocycles. The van der Waals surface area contributed by atoms with Crippen LogP contribution in [0.1, 0.15) is 37.3 Å². The molecular formula is C16H14F2N2. The third-order valence-corrected chi connectivity index (χ3v) is 3.42. The molecule has 0 bridgehead atoms. The van der Waals surface area contributed by atoms with E-state index in [0.29, 0.717) is 11.3 Å². The standard InChI is InChI=1S/C16H14F2N2/c1-3-10(2)11-8-13(17)12(9-19)16(18)15(11)14-6-4-5-7-20-14/h4-8,10H,3H2,1-2H3. The molecule has 0 aliphatic rings. The maximum Gasteiger partial charge on any atom is 0.153 e. The van der Waals surface area contributed by atoms with Gasteiger partial charge in [-0.25, -0.2) is 8.78 Å². The highest BCUT2D eigenvalue weighted by Gasteiger charge is 2.22. The summed E-state index contributed by atoms with van der Waals surface area (Å²) in [5, 5.41) is 8.91. The Morgan fingerprint density at radius 3 is 2.65 bits per heavy atom. The van der Waals surface area contributed by atoms with Crippen LogP contribution in [0.2, 0.25) is 0 Å². The van der Waals surface area contributed by atoms with E-state index in [2.05, 4.69) is 4.98 Å². The highest BCUT2D eigenvalue weighted by molar-refractivity contribution is 5.67. The zero-order valence-electron chi connectivity index (χ0n) is 11.3. The molecule has 4 heteroatoms. The minimum absolute atomic E-state index is 0.0243. The van der Waals surface area contributed by atoms with Gasteiger partial charge in [0.25, 0.3) is 0 Å². The Balaban J connectivity index is 2.79. The van der Waals surface area contributed by atoms with Gasteiger partial charge in [0.05, 0.1) is 5.69 Å². The van der Waals surface area contributed by atoms with Crippen molar-refractivity contribution in [3.63, 3.8) is 0 Å². The molecule has 0 saturated heterocycles. The second kappa shape index (κ2) is 5.79. The molecule has 0 amide bonds. The fourth-order valence-corrected chi connectivity index (χ4v) is 2.12. The third-order valence-electron chi connectivity index (χ3n) is 3.42. The largest absolute Gasteiger partial charge is 0.256 e. The molecule has 102 valence electrons. The van der Waals surface area contributed by atoms with Crippen LogP contribution >= 0.6 is 0 Å².